The predicted octanol–water partition coefficient (Wildman–Crippen LogP) is 3.53. The van der Waals surface area contributed by atoms with E-state index in [1.165, 1.54) is 19.1 Å². The molecule has 1 saturated heterocycles. The lowest BCUT2D eigenvalue weighted by molar-refractivity contribution is -0.195. The Morgan fingerprint density at radius 2 is 2.02 bits per heavy atom. The van der Waals surface area contributed by atoms with Gasteiger partial charge in [0.15, 0.2) is 23.2 Å². The molecule has 5 N–H and O–H groups in total. The molecule has 0 bridgehead atoms. The van der Waals surface area contributed by atoms with Crippen LogP contribution in [-0.2, 0) is 23.4 Å². The number of benzene rings is 1. The molecule has 1 unspecified atom stereocenters. The fourth-order valence-electron chi connectivity index (χ4n) is 4.53. The van der Waals surface area contributed by atoms with Crippen molar-refractivity contribution in [2.45, 2.75) is 68.3 Å². The van der Waals surface area contributed by atoms with Crippen molar-refractivity contribution in [1.29, 1.82) is 0 Å². The van der Waals surface area contributed by atoms with Gasteiger partial charge < -0.3 is 30.2 Å². The molecule has 2 aliphatic rings. The van der Waals surface area contributed by atoms with E-state index in [9.17, 15) is 27.6 Å². The van der Waals surface area contributed by atoms with Gasteiger partial charge in [0.25, 0.3) is 0 Å². The van der Waals surface area contributed by atoms with Crippen molar-refractivity contribution in [3.05, 3.63) is 36.7 Å². The third-order valence-electron chi connectivity index (χ3n) is 6.86. The molecule has 1 saturated carbocycles. The van der Waals surface area contributed by atoms with Crippen molar-refractivity contribution < 1.29 is 46.2 Å². The van der Waals surface area contributed by atoms with Crippen LogP contribution in [0.1, 0.15) is 32.9 Å². The first kappa shape index (κ1) is 32.2. The summed E-state index contributed by atoms with van der Waals surface area (Å²) in [6.45, 7) is 2.03. The van der Waals surface area contributed by atoms with Crippen LogP contribution in [0.2, 0.25) is 0 Å². The minimum Gasteiger partial charge on any atom is -0.465 e. The third kappa shape index (κ3) is 6.43. The van der Waals surface area contributed by atoms with Crippen LogP contribution >= 0.6 is 19.3 Å². The van der Waals surface area contributed by atoms with Crippen LogP contribution in [0.4, 0.5) is 24.9 Å². The first-order chi connectivity index (χ1) is 20.8. The number of aromatic nitrogens is 4. The minimum absolute atomic E-state index is 0.0337. The molecule has 240 valence electrons. The van der Waals surface area contributed by atoms with Gasteiger partial charge in [0.05, 0.1) is 19.5 Å². The van der Waals surface area contributed by atoms with E-state index in [1.807, 2.05) is 0 Å². The molecule has 6 atom stereocenters. The van der Waals surface area contributed by atoms with E-state index in [-0.39, 0.29) is 41.3 Å². The maximum atomic E-state index is 14.6. The van der Waals surface area contributed by atoms with E-state index in [0.717, 1.165) is 23.7 Å². The molecule has 0 spiro atoms. The number of fused-ring (bicyclic) bond motifs is 1. The Morgan fingerprint density at radius 1 is 1.32 bits per heavy atom. The number of anilines is 2. The van der Waals surface area contributed by atoms with Gasteiger partial charge in [0, 0.05) is 6.04 Å². The van der Waals surface area contributed by atoms with Crippen molar-refractivity contribution >= 4 is 48.2 Å². The number of hydrogen-bond donors (Lipinski definition) is 4. The fraction of sp³-hybridized carbons (Fsp3) is 0.520. The van der Waals surface area contributed by atoms with Crippen molar-refractivity contribution in [1.82, 2.24) is 24.6 Å². The van der Waals surface area contributed by atoms with E-state index in [2.05, 4.69) is 25.4 Å². The molecule has 14 nitrogen and oxygen atoms in total. The van der Waals surface area contributed by atoms with Gasteiger partial charge in [-0.25, -0.2) is 9.55 Å². The van der Waals surface area contributed by atoms with Crippen LogP contribution in [0.5, 0.6) is 5.75 Å². The van der Waals surface area contributed by atoms with Crippen molar-refractivity contribution in [2.75, 3.05) is 24.3 Å². The summed E-state index contributed by atoms with van der Waals surface area (Å²) >= 11 is 6.19. The fourth-order valence-corrected chi connectivity index (χ4v) is 6.33. The third-order valence-corrected chi connectivity index (χ3v) is 9.13. The summed E-state index contributed by atoms with van der Waals surface area (Å²) in [5, 5.41) is 16.5. The van der Waals surface area contributed by atoms with Crippen LogP contribution in [0.15, 0.2) is 36.7 Å². The summed E-state index contributed by atoms with van der Waals surface area (Å²) in [7, 11) is -4.51. The van der Waals surface area contributed by atoms with Crippen molar-refractivity contribution in [3.63, 3.8) is 0 Å². The normalized spacial score (nSPS) is 25.8. The summed E-state index contributed by atoms with van der Waals surface area (Å²) in [6, 6.07) is 6.60. The van der Waals surface area contributed by atoms with Gasteiger partial charge >= 0.3 is 19.9 Å². The highest BCUT2D eigenvalue weighted by atomic mass is 35.5. The second-order valence-corrected chi connectivity index (χ2v) is 12.5. The molecule has 0 radical (unpaired) electrons. The summed E-state index contributed by atoms with van der Waals surface area (Å²) in [5.74, 6) is -0.746. The number of rotatable bonds is 12. The molecule has 19 heteroatoms. The SMILES string of the molecule is CCOC(=O)[C@H](C)NP(=O)(OC[C@H]1O[C@@H](n2cnc3c(NC4CC4)nc(N)nc32)[C@@](Cl)(C(F)(F)F)[C@@H]1O)Oc1ccccc1. The van der Waals surface area contributed by atoms with E-state index in [4.69, 9.17) is 35.9 Å². The van der Waals surface area contributed by atoms with Crippen LogP contribution in [0, 0.1) is 0 Å². The number of aliphatic hydroxyl groups excluding tert-OH is 1. The lowest BCUT2D eigenvalue weighted by Gasteiger charge is -2.32. The summed E-state index contributed by atoms with van der Waals surface area (Å²) in [6.07, 6.45) is -8.84. The number of para-hydroxylation sites is 1. The molecule has 44 heavy (non-hydrogen) atoms. The highest BCUT2D eigenvalue weighted by Gasteiger charge is 2.71. The second-order valence-electron chi connectivity index (χ2n) is 10.2. The molecule has 3 heterocycles. The van der Waals surface area contributed by atoms with Gasteiger partial charge in [-0.15, -0.1) is 11.6 Å². The number of nitrogens with two attached hydrogens (primary N) is 1. The van der Waals surface area contributed by atoms with Gasteiger partial charge in [-0.3, -0.25) is 13.9 Å². The Labute approximate surface area is 254 Å². The zero-order valence-electron chi connectivity index (χ0n) is 23.4. The number of nitrogens with zero attached hydrogens (tertiary/aromatic N) is 4. The number of ether oxygens (including phenoxy) is 2. The Bertz CT molecular complexity index is 1550. The van der Waals surface area contributed by atoms with Crippen LogP contribution in [-0.4, -0.2) is 79.2 Å². The standard InChI is InChI=1S/C25H30ClF3N7O7P/c1-3-40-21(38)13(2)35-44(39,43-15-7-5-4-6-8-15)41-11-16-18(37)24(26,25(27,28)29)22(42-16)36-12-31-17-19(32-14-9-10-14)33-23(30)34-20(17)36/h4-8,12-14,16,18,22,37H,3,9-11H2,1-2H3,(H,35,39)(H3,30,32,33,34)/t13-,16+,18+,22+,24+,44?/m0/s1. The number of nitrogens with one attached hydrogen (secondary N) is 2. The quantitative estimate of drug-likeness (QED) is 0.125. The highest BCUT2D eigenvalue weighted by molar-refractivity contribution is 7.52. The van der Waals surface area contributed by atoms with Gasteiger partial charge in [0.1, 0.15) is 24.0 Å². The molecule has 1 aliphatic heterocycles. The summed E-state index contributed by atoms with van der Waals surface area (Å²) < 4.78 is 80.0. The molecule has 1 aromatic carbocycles. The Balaban J connectivity index is 1.44. The number of hydrogen-bond acceptors (Lipinski definition) is 12. The lowest BCUT2D eigenvalue weighted by Crippen LogP contribution is -2.53. The lowest BCUT2D eigenvalue weighted by atomic mass is 9.98. The Morgan fingerprint density at radius 3 is 2.66 bits per heavy atom. The van der Waals surface area contributed by atoms with Gasteiger partial charge in [-0.2, -0.15) is 28.2 Å². The molecular formula is C25H30ClF3N7O7P. The van der Waals surface area contributed by atoms with E-state index < -0.39 is 55.9 Å². The second kappa shape index (κ2) is 12.3. The number of alkyl halides is 4. The van der Waals surface area contributed by atoms with Gasteiger partial charge in [-0.05, 0) is 38.8 Å². The molecule has 5 rings (SSSR count). The maximum absolute atomic E-state index is 14.6. The average Bonchev–Trinajstić information content (AvgIpc) is 3.61. The maximum Gasteiger partial charge on any atom is 0.459 e. The summed E-state index contributed by atoms with van der Waals surface area (Å²) in [4.78, 5) is 21.1. The average molecular weight is 664 g/mol. The number of esters is 1. The van der Waals surface area contributed by atoms with E-state index in [1.54, 1.807) is 25.1 Å². The largest absolute Gasteiger partial charge is 0.465 e. The highest BCUT2D eigenvalue weighted by Crippen LogP contribution is 2.55. The zero-order chi connectivity index (χ0) is 31.9. The van der Waals surface area contributed by atoms with Gasteiger partial charge in [0.2, 0.25) is 10.8 Å². The Hall–Kier alpha value is -3.21. The molecule has 0 amide bonds. The van der Waals surface area contributed by atoms with Gasteiger partial charge in [-0.1, -0.05) is 18.2 Å². The van der Waals surface area contributed by atoms with E-state index in [0.29, 0.717) is 0 Å². The number of nitrogen functional groups attached to an aromatic ring is 1. The molecule has 1 aliphatic carbocycles. The zero-order valence-corrected chi connectivity index (χ0v) is 25.1. The first-order valence-electron chi connectivity index (χ1n) is 13.5. The Kier molecular flexibility index (Phi) is 8.99. The summed E-state index contributed by atoms with van der Waals surface area (Å²) in [5.41, 5.74) is 5.83. The van der Waals surface area contributed by atoms with Crippen LogP contribution in [0.25, 0.3) is 11.2 Å². The molecule has 3 aromatic rings. The number of carbonyl (C=O) groups excluding carboxylic acids is 1. The predicted molar refractivity (Wildman–Crippen MR) is 151 cm³/mol. The molecule has 2 fully saturated rings. The number of carbonyl (C=O) groups is 1. The topological polar surface area (TPSA) is 185 Å². The van der Waals surface area contributed by atoms with Crippen LogP contribution < -0.4 is 20.7 Å². The van der Waals surface area contributed by atoms with E-state index >= 15 is 0 Å². The molecular weight excluding hydrogens is 634 g/mol. The smallest absolute Gasteiger partial charge is 0.459 e. The number of aliphatic hydroxyl groups is 1. The first-order valence-corrected chi connectivity index (χ1v) is 15.5. The monoisotopic (exact) mass is 663 g/mol. The van der Waals surface area contributed by atoms with Crippen LogP contribution in [0.3, 0.4) is 0 Å². The minimum atomic E-state index is -5.24. The number of imidazole rings is 1. The van der Waals surface area contributed by atoms with Crippen molar-refractivity contribution in [3.8, 4) is 5.75 Å². The van der Waals surface area contributed by atoms with Crippen molar-refractivity contribution in [2.24, 2.45) is 0 Å². The molecule has 2 aromatic heterocycles. The number of halogens is 4.